The molecule has 0 radical (unpaired) electrons. The topological polar surface area (TPSA) is 72.3 Å². The zero-order valence-corrected chi connectivity index (χ0v) is 14.8. The van der Waals surface area contributed by atoms with Crippen molar-refractivity contribution < 1.29 is 19.3 Å². The fourth-order valence-electron chi connectivity index (χ4n) is 2.99. The molecule has 0 fully saturated rings. The first-order valence-corrected chi connectivity index (χ1v) is 7.99. The second kappa shape index (κ2) is 6.93. The summed E-state index contributed by atoms with van der Waals surface area (Å²) in [7, 11) is 4.77. The number of hydrazone groups is 1. The van der Waals surface area contributed by atoms with Crippen molar-refractivity contribution in [1.82, 2.24) is 5.43 Å². The highest BCUT2D eigenvalue weighted by Gasteiger charge is 2.25. The maximum absolute atomic E-state index is 10.1. The Kier molecular flexibility index (Phi) is 4.70. The summed E-state index contributed by atoms with van der Waals surface area (Å²) in [5, 5.41) is 14.5. The van der Waals surface area contributed by atoms with Crippen LogP contribution in [-0.4, -0.2) is 32.1 Å². The van der Waals surface area contributed by atoms with Crippen molar-refractivity contribution in [2.45, 2.75) is 19.4 Å². The number of methoxy groups -OCH3 is 3. The molecule has 2 N–H and O–H groups in total. The highest BCUT2D eigenvalue weighted by molar-refractivity contribution is 6.04. The molecule has 6 nitrogen and oxygen atoms in total. The van der Waals surface area contributed by atoms with Gasteiger partial charge in [0.05, 0.1) is 33.1 Å². The Balaban J connectivity index is 1.89. The van der Waals surface area contributed by atoms with Gasteiger partial charge in [0.25, 0.3) is 0 Å². The highest BCUT2D eigenvalue weighted by Crippen LogP contribution is 2.41. The SMILES string of the molecule is COc1cc(C2CC(c3cc(C)ccc3O)=NN2)cc(OC)c1OC. The molecule has 0 amide bonds. The number of ether oxygens (including phenoxy) is 3. The van der Waals surface area contributed by atoms with E-state index in [0.717, 1.165) is 22.4 Å². The molecule has 1 aliphatic heterocycles. The van der Waals surface area contributed by atoms with Crippen LogP contribution in [0.3, 0.4) is 0 Å². The lowest BCUT2D eigenvalue weighted by Crippen LogP contribution is -2.11. The van der Waals surface area contributed by atoms with Crippen molar-refractivity contribution in [3.63, 3.8) is 0 Å². The lowest BCUT2D eigenvalue weighted by molar-refractivity contribution is 0.323. The number of benzene rings is 2. The van der Waals surface area contributed by atoms with Gasteiger partial charge >= 0.3 is 0 Å². The zero-order chi connectivity index (χ0) is 18.0. The van der Waals surface area contributed by atoms with Gasteiger partial charge < -0.3 is 24.7 Å². The summed E-state index contributed by atoms with van der Waals surface area (Å²) >= 11 is 0. The minimum absolute atomic E-state index is 0.0383. The minimum atomic E-state index is -0.0383. The Morgan fingerprint density at radius 1 is 1.04 bits per heavy atom. The summed E-state index contributed by atoms with van der Waals surface area (Å²) in [6.07, 6.45) is 0.648. The molecule has 2 aromatic rings. The first-order chi connectivity index (χ1) is 12.1. The van der Waals surface area contributed by atoms with E-state index in [1.54, 1.807) is 27.4 Å². The van der Waals surface area contributed by atoms with E-state index >= 15 is 0 Å². The van der Waals surface area contributed by atoms with Crippen LogP contribution in [0.2, 0.25) is 0 Å². The third-order valence-corrected chi connectivity index (χ3v) is 4.31. The van der Waals surface area contributed by atoms with Crippen LogP contribution in [0.15, 0.2) is 35.4 Å². The summed E-state index contributed by atoms with van der Waals surface area (Å²) in [4.78, 5) is 0. The molecule has 1 aliphatic rings. The monoisotopic (exact) mass is 342 g/mol. The highest BCUT2D eigenvalue weighted by atomic mass is 16.5. The normalized spacial score (nSPS) is 16.2. The van der Waals surface area contributed by atoms with E-state index < -0.39 is 0 Å². The second-order valence-electron chi connectivity index (χ2n) is 5.92. The molecule has 6 heteroatoms. The fraction of sp³-hybridized carbons (Fsp3) is 0.316. The summed E-state index contributed by atoms with van der Waals surface area (Å²) < 4.78 is 16.2. The van der Waals surface area contributed by atoms with Gasteiger partial charge in [0.2, 0.25) is 5.75 Å². The number of nitrogens with zero attached hydrogens (tertiary/aromatic N) is 1. The number of rotatable bonds is 5. The maximum Gasteiger partial charge on any atom is 0.203 e. The van der Waals surface area contributed by atoms with Crippen LogP contribution in [0.25, 0.3) is 0 Å². The second-order valence-corrected chi connectivity index (χ2v) is 5.92. The van der Waals surface area contributed by atoms with Gasteiger partial charge in [0, 0.05) is 12.0 Å². The molecule has 1 unspecified atom stereocenters. The predicted molar refractivity (Wildman–Crippen MR) is 96.0 cm³/mol. The molecule has 0 spiro atoms. The van der Waals surface area contributed by atoms with E-state index in [9.17, 15) is 5.11 Å². The van der Waals surface area contributed by atoms with Gasteiger partial charge in [0.15, 0.2) is 11.5 Å². The van der Waals surface area contributed by atoms with Gasteiger partial charge in [-0.2, -0.15) is 5.10 Å². The van der Waals surface area contributed by atoms with Crippen LogP contribution in [0.5, 0.6) is 23.0 Å². The summed E-state index contributed by atoms with van der Waals surface area (Å²) in [5.41, 5.74) is 6.75. The molecule has 25 heavy (non-hydrogen) atoms. The molecule has 1 atom stereocenters. The minimum Gasteiger partial charge on any atom is -0.507 e. The van der Waals surface area contributed by atoms with Crippen molar-refractivity contribution in [2.75, 3.05) is 21.3 Å². The number of aryl methyl sites for hydroxylation is 1. The molecule has 0 saturated carbocycles. The van der Waals surface area contributed by atoms with Crippen LogP contribution >= 0.6 is 0 Å². The lowest BCUT2D eigenvalue weighted by Gasteiger charge is -2.17. The van der Waals surface area contributed by atoms with E-state index in [-0.39, 0.29) is 11.8 Å². The van der Waals surface area contributed by atoms with Crippen LogP contribution in [0, 0.1) is 6.92 Å². The maximum atomic E-state index is 10.1. The number of hydrogen-bond donors (Lipinski definition) is 2. The zero-order valence-electron chi connectivity index (χ0n) is 14.8. The third-order valence-electron chi connectivity index (χ3n) is 4.31. The van der Waals surface area contributed by atoms with E-state index in [1.165, 1.54) is 0 Å². The van der Waals surface area contributed by atoms with Crippen LogP contribution in [-0.2, 0) is 0 Å². The third kappa shape index (κ3) is 3.20. The number of nitrogens with one attached hydrogen (secondary N) is 1. The Hall–Kier alpha value is -2.89. The van der Waals surface area contributed by atoms with Crippen LogP contribution < -0.4 is 19.6 Å². The van der Waals surface area contributed by atoms with Gasteiger partial charge in [-0.15, -0.1) is 0 Å². The fourth-order valence-corrected chi connectivity index (χ4v) is 2.99. The molecule has 3 rings (SSSR count). The molecule has 1 heterocycles. The molecule has 132 valence electrons. The average molecular weight is 342 g/mol. The first kappa shape index (κ1) is 17.0. The average Bonchev–Trinajstić information content (AvgIpc) is 3.12. The van der Waals surface area contributed by atoms with Crippen molar-refractivity contribution in [3.05, 3.63) is 47.0 Å². The van der Waals surface area contributed by atoms with Crippen LogP contribution in [0.1, 0.15) is 29.2 Å². The molecular formula is C19H22N2O4. The van der Waals surface area contributed by atoms with Crippen molar-refractivity contribution in [3.8, 4) is 23.0 Å². The van der Waals surface area contributed by atoms with Crippen molar-refractivity contribution >= 4 is 5.71 Å². The van der Waals surface area contributed by atoms with Gasteiger partial charge in [-0.3, -0.25) is 0 Å². The smallest absolute Gasteiger partial charge is 0.203 e. The van der Waals surface area contributed by atoms with E-state index in [2.05, 4.69) is 10.5 Å². The molecular weight excluding hydrogens is 320 g/mol. The van der Waals surface area contributed by atoms with Gasteiger partial charge in [-0.05, 0) is 36.8 Å². The molecule has 0 saturated heterocycles. The summed E-state index contributed by atoms with van der Waals surface area (Å²) in [6.45, 7) is 1.99. The number of phenols is 1. The number of phenolic OH excluding ortho intramolecular Hbond substituents is 1. The Labute approximate surface area is 147 Å². The summed E-state index contributed by atoms with van der Waals surface area (Å²) in [6, 6.07) is 9.29. The van der Waals surface area contributed by atoms with E-state index in [0.29, 0.717) is 23.7 Å². The van der Waals surface area contributed by atoms with Crippen molar-refractivity contribution in [1.29, 1.82) is 0 Å². The largest absolute Gasteiger partial charge is 0.507 e. The molecule has 0 aromatic heterocycles. The molecule has 2 aromatic carbocycles. The lowest BCUT2D eigenvalue weighted by atomic mass is 9.97. The number of aromatic hydroxyl groups is 1. The van der Waals surface area contributed by atoms with Crippen molar-refractivity contribution in [2.24, 2.45) is 5.10 Å². The Morgan fingerprint density at radius 3 is 2.32 bits per heavy atom. The first-order valence-electron chi connectivity index (χ1n) is 7.99. The number of hydrogen-bond acceptors (Lipinski definition) is 6. The molecule has 0 bridgehead atoms. The Morgan fingerprint density at radius 2 is 1.72 bits per heavy atom. The van der Waals surface area contributed by atoms with E-state index in [4.69, 9.17) is 14.2 Å². The van der Waals surface area contributed by atoms with Gasteiger partial charge in [-0.1, -0.05) is 11.6 Å². The van der Waals surface area contributed by atoms with Gasteiger partial charge in [0.1, 0.15) is 5.75 Å². The summed E-state index contributed by atoms with van der Waals surface area (Å²) in [5.74, 6) is 2.00. The van der Waals surface area contributed by atoms with E-state index in [1.807, 2.05) is 31.2 Å². The Bertz CT molecular complexity index is 792. The van der Waals surface area contributed by atoms with Crippen LogP contribution in [0.4, 0.5) is 0 Å². The standard InChI is InChI=1S/C19H22N2O4/c1-11-5-6-16(22)13(7-11)15-10-14(20-21-15)12-8-17(23-2)19(25-4)18(9-12)24-3/h5-9,14,20,22H,10H2,1-4H3. The van der Waals surface area contributed by atoms with Gasteiger partial charge in [-0.25, -0.2) is 0 Å². The predicted octanol–water partition coefficient (Wildman–Crippen LogP) is 3.17. The quantitative estimate of drug-likeness (QED) is 0.873. The molecule has 0 aliphatic carbocycles.